The Morgan fingerprint density at radius 1 is 1.19 bits per heavy atom. The van der Waals surface area contributed by atoms with Crippen LogP contribution >= 0.6 is 11.8 Å². The zero-order chi connectivity index (χ0) is 11.4. The highest BCUT2D eigenvalue weighted by Gasteiger charge is 2.06. The van der Waals surface area contributed by atoms with Gasteiger partial charge in [-0.05, 0) is 23.8 Å². The van der Waals surface area contributed by atoms with Crippen molar-refractivity contribution >= 4 is 11.8 Å². The predicted molar refractivity (Wildman–Crippen MR) is 62.7 cm³/mol. The van der Waals surface area contributed by atoms with Gasteiger partial charge in [0.05, 0.1) is 0 Å². The summed E-state index contributed by atoms with van der Waals surface area (Å²) >= 11 is 1.35. The zero-order valence-electron chi connectivity index (χ0n) is 8.56. The van der Waals surface area contributed by atoms with Gasteiger partial charge in [-0.15, -0.1) is 0 Å². The van der Waals surface area contributed by atoms with Gasteiger partial charge >= 0.3 is 0 Å². The Balaban J connectivity index is 2.30. The third kappa shape index (κ3) is 2.40. The molecule has 0 aliphatic heterocycles. The number of hydrogen-bond acceptors (Lipinski definition) is 3. The van der Waals surface area contributed by atoms with Crippen LogP contribution in [0.1, 0.15) is 5.56 Å². The third-order valence-electron chi connectivity index (χ3n) is 2.15. The van der Waals surface area contributed by atoms with E-state index in [9.17, 15) is 4.39 Å². The van der Waals surface area contributed by atoms with Crippen LogP contribution in [0.25, 0.3) is 0 Å². The maximum absolute atomic E-state index is 13.4. The second-order valence-electron chi connectivity index (χ2n) is 3.22. The SMILES string of the molecule is NCc1ccncc1Sc1ccccc1F. The lowest BCUT2D eigenvalue weighted by Gasteiger charge is -2.06. The summed E-state index contributed by atoms with van der Waals surface area (Å²) in [6.07, 6.45) is 3.40. The predicted octanol–water partition coefficient (Wildman–Crippen LogP) is 2.83. The standard InChI is InChI=1S/C12H11FN2S/c13-10-3-1-2-4-11(10)16-12-8-15-6-5-9(12)7-14/h1-6,8H,7,14H2. The number of pyridine rings is 1. The fraction of sp³-hybridized carbons (Fsp3) is 0.0833. The Kier molecular flexibility index (Phi) is 3.54. The van der Waals surface area contributed by atoms with E-state index in [4.69, 9.17) is 5.73 Å². The molecule has 0 saturated carbocycles. The second kappa shape index (κ2) is 5.09. The van der Waals surface area contributed by atoms with Gasteiger partial charge in [-0.25, -0.2) is 4.39 Å². The average Bonchev–Trinajstić information content (AvgIpc) is 2.33. The van der Waals surface area contributed by atoms with Crippen molar-refractivity contribution in [1.29, 1.82) is 0 Å². The molecule has 0 aliphatic rings. The van der Waals surface area contributed by atoms with E-state index in [1.807, 2.05) is 12.1 Å². The summed E-state index contributed by atoms with van der Waals surface area (Å²) in [6, 6.07) is 8.52. The molecule has 0 saturated heterocycles. The molecule has 1 aromatic carbocycles. The summed E-state index contributed by atoms with van der Waals surface area (Å²) < 4.78 is 13.4. The van der Waals surface area contributed by atoms with E-state index in [0.29, 0.717) is 11.4 Å². The molecule has 0 atom stereocenters. The van der Waals surface area contributed by atoms with Gasteiger partial charge in [-0.1, -0.05) is 23.9 Å². The minimum Gasteiger partial charge on any atom is -0.326 e. The summed E-state index contributed by atoms with van der Waals surface area (Å²) in [5.74, 6) is -0.223. The molecule has 0 radical (unpaired) electrons. The molecule has 1 aromatic heterocycles. The van der Waals surface area contributed by atoms with Gasteiger partial charge in [0.25, 0.3) is 0 Å². The molecule has 0 aliphatic carbocycles. The first-order valence-electron chi connectivity index (χ1n) is 4.86. The normalized spacial score (nSPS) is 10.4. The average molecular weight is 234 g/mol. The lowest BCUT2D eigenvalue weighted by molar-refractivity contribution is 0.602. The van der Waals surface area contributed by atoms with Crippen LogP contribution in [-0.2, 0) is 6.54 Å². The van der Waals surface area contributed by atoms with E-state index >= 15 is 0 Å². The van der Waals surface area contributed by atoms with Gasteiger partial charge in [0.15, 0.2) is 0 Å². The zero-order valence-corrected chi connectivity index (χ0v) is 9.38. The number of aromatic nitrogens is 1. The molecule has 2 rings (SSSR count). The minimum absolute atomic E-state index is 0.223. The molecule has 82 valence electrons. The largest absolute Gasteiger partial charge is 0.326 e. The van der Waals surface area contributed by atoms with Crippen LogP contribution < -0.4 is 5.73 Å². The Morgan fingerprint density at radius 2 is 2.00 bits per heavy atom. The van der Waals surface area contributed by atoms with Gasteiger partial charge in [-0.3, -0.25) is 4.98 Å². The Hall–Kier alpha value is -1.39. The first kappa shape index (κ1) is 11.1. The van der Waals surface area contributed by atoms with Gasteiger partial charge in [0, 0.05) is 28.7 Å². The van der Waals surface area contributed by atoms with Crippen molar-refractivity contribution in [3.8, 4) is 0 Å². The first-order valence-corrected chi connectivity index (χ1v) is 5.68. The quantitative estimate of drug-likeness (QED) is 0.887. The summed E-state index contributed by atoms with van der Waals surface area (Å²) in [5.41, 5.74) is 6.58. The number of rotatable bonds is 3. The lowest BCUT2D eigenvalue weighted by atomic mass is 10.3. The van der Waals surface area contributed by atoms with E-state index < -0.39 is 0 Å². The van der Waals surface area contributed by atoms with Gasteiger partial charge in [0.2, 0.25) is 0 Å². The Bertz CT molecular complexity index is 488. The molecule has 2 N–H and O–H groups in total. The Labute approximate surface area is 97.7 Å². The van der Waals surface area contributed by atoms with Crippen LogP contribution in [0.15, 0.2) is 52.5 Å². The van der Waals surface area contributed by atoms with Crippen molar-refractivity contribution in [2.24, 2.45) is 5.73 Å². The fourth-order valence-corrected chi connectivity index (χ4v) is 2.26. The van der Waals surface area contributed by atoms with E-state index in [1.54, 1.807) is 24.5 Å². The molecule has 0 unspecified atom stereocenters. The number of hydrogen-bond donors (Lipinski definition) is 1. The van der Waals surface area contributed by atoms with Crippen LogP contribution in [0.3, 0.4) is 0 Å². The number of benzene rings is 1. The van der Waals surface area contributed by atoms with Crippen LogP contribution in [-0.4, -0.2) is 4.98 Å². The number of nitrogens with two attached hydrogens (primary N) is 1. The van der Waals surface area contributed by atoms with Crippen molar-refractivity contribution in [2.75, 3.05) is 0 Å². The molecule has 2 nitrogen and oxygen atoms in total. The van der Waals surface area contributed by atoms with Crippen molar-refractivity contribution in [2.45, 2.75) is 16.3 Å². The van der Waals surface area contributed by atoms with Crippen LogP contribution in [0.4, 0.5) is 4.39 Å². The van der Waals surface area contributed by atoms with Gasteiger partial charge < -0.3 is 5.73 Å². The van der Waals surface area contributed by atoms with Gasteiger partial charge in [-0.2, -0.15) is 0 Å². The topological polar surface area (TPSA) is 38.9 Å². The summed E-state index contributed by atoms with van der Waals surface area (Å²) in [6.45, 7) is 0.430. The molecule has 0 bridgehead atoms. The smallest absolute Gasteiger partial charge is 0.137 e. The van der Waals surface area contributed by atoms with Crippen LogP contribution in [0.2, 0.25) is 0 Å². The van der Waals surface area contributed by atoms with Crippen molar-refractivity contribution in [3.63, 3.8) is 0 Å². The molecule has 4 heteroatoms. The van der Waals surface area contributed by atoms with Crippen molar-refractivity contribution < 1.29 is 4.39 Å². The maximum atomic E-state index is 13.4. The summed E-state index contributed by atoms with van der Waals surface area (Å²) in [7, 11) is 0. The second-order valence-corrected chi connectivity index (χ2v) is 4.30. The number of nitrogens with zero attached hydrogens (tertiary/aromatic N) is 1. The molecule has 16 heavy (non-hydrogen) atoms. The molecule has 0 amide bonds. The van der Waals surface area contributed by atoms with Crippen LogP contribution in [0, 0.1) is 5.82 Å². The third-order valence-corrected chi connectivity index (χ3v) is 3.29. The molecule has 0 fully saturated rings. The molecule has 0 spiro atoms. The molecule has 1 heterocycles. The van der Waals surface area contributed by atoms with E-state index in [0.717, 1.165) is 10.5 Å². The maximum Gasteiger partial charge on any atom is 0.137 e. The molecular weight excluding hydrogens is 223 g/mol. The monoisotopic (exact) mass is 234 g/mol. The highest BCUT2D eigenvalue weighted by molar-refractivity contribution is 7.99. The molecule has 2 aromatic rings. The number of halogens is 1. The van der Waals surface area contributed by atoms with Gasteiger partial charge in [0.1, 0.15) is 5.82 Å². The highest BCUT2D eigenvalue weighted by Crippen LogP contribution is 2.31. The van der Waals surface area contributed by atoms with Crippen molar-refractivity contribution in [1.82, 2.24) is 4.98 Å². The first-order chi connectivity index (χ1) is 7.81. The van der Waals surface area contributed by atoms with E-state index in [1.165, 1.54) is 17.8 Å². The van der Waals surface area contributed by atoms with E-state index in [2.05, 4.69) is 4.98 Å². The van der Waals surface area contributed by atoms with Crippen molar-refractivity contribution in [3.05, 3.63) is 54.1 Å². The van der Waals surface area contributed by atoms with E-state index in [-0.39, 0.29) is 5.82 Å². The Morgan fingerprint density at radius 3 is 2.75 bits per heavy atom. The minimum atomic E-state index is -0.223. The summed E-state index contributed by atoms with van der Waals surface area (Å²) in [5, 5.41) is 0. The van der Waals surface area contributed by atoms with Crippen LogP contribution in [0.5, 0.6) is 0 Å². The lowest BCUT2D eigenvalue weighted by Crippen LogP contribution is -1.98. The summed E-state index contributed by atoms with van der Waals surface area (Å²) in [4.78, 5) is 5.51. The fourth-order valence-electron chi connectivity index (χ4n) is 1.32. The molecular formula is C12H11FN2S. The highest BCUT2D eigenvalue weighted by atomic mass is 32.2.